The van der Waals surface area contributed by atoms with Gasteiger partial charge >= 0.3 is 0 Å². The zero-order valence-corrected chi connectivity index (χ0v) is 10.4. The van der Waals surface area contributed by atoms with Gasteiger partial charge in [0.1, 0.15) is 5.75 Å². The molecule has 3 heteroatoms. The van der Waals surface area contributed by atoms with Crippen molar-refractivity contribution in [2.24, 2.45) is 5.73 Å². The van der Waals surface area contributed by atoms with E-state index in [-0.39, 0.29) is 0 Å². The molecule has 1 atom stereocenters. The van der Waals surface area contributed by atoms with Crippen molar-refractivity contribution in [3.05, 3.63) is 24.3 Å². The zero-order chi connectivity index (χ0) is 12.0. The lowest BCUT2D eigenvalue weighted by Gasteiger charge is -2.29. The van der Waals surface area contributed by atoms with Gasteiger partial charge in [-0.2, -0.15) is 0 Å². The average molecular weight is 222 g/mol. The molecule has 0 amide bonds. The first-order chi connectivity index (χ1) is 7.72. The quantitative estimate of drug-likeness (QED) is 0.802. The molecule has 1 aromatic carbocycles. The van der Waals surface area contributed by atoms with Crippen LogP contribution in [0.4, 0.5) is 5.69 Å². The van der Waals surface area contributed by atoms with E-state index in [1.54, 1.807) is 7.11 Å². The van der Waals surface area contributed by atoms with Gasteiger partial charge in [0.05, 0.1) is 7.11 Å². The largest absolute Gasteiger partial charge is 0.497 e. The Kier molecular flexibility index (Phi) is 5.12. The highest BCUT2D eigenvalue weighted by atomic mass is 16.5. The molecule has 1 rings (SSSR count). The number of ether oxygens (including phenoxy) is 1. The van der Waals surface area contributed by atoms with Crippen LogP contribution in [0.5, 0.6) is 5.75 Å². The first-order valence-corrected chi connectivity index (χ1v) is 5.79. The van der Waals surface area contributed by atoms with Gasteiger partial charge < -0.3 is 15.4 Å². The Morgan fingerprint density at radius 1 is 1.44 bits per heavy atom. The van der Waals surface area contributed by atoms with Gasteiger partial charge in [-0.05, 0) is 18.6 Å². The molecule has 0 spiro atoms. The summed E-state index contributed by atoms with van der Waals surface area (Å²) in [6.45, 7) is 2.86. The molecule has 1 aromatic rings. The summed E-state index contributed by atoms with van der Waals surface area (Å²) in [7, 11) is 3.77. The van der Waals surface area contributed by atoms with Crippen molar-refractivity contribution in [3.8, 4) is 5.75 Å². The van der Waals surface area contributed by atoms with Crippen LogP contribution in [0.2, 0.25) is 0 Å². The molecule has 0 radical (unpaired) electrons. The van der Waals surface area contributed by atoms with E-state index in [0.29, 0.717) is 12.6 Å². The molecule has 0 aromatic heterocycles. The van der Waals surface area contributed by atoms with Crippen LogP contribution in [0.3, 0.4) is 0 Å². The smallest absolute Gasteiger partial charge is 0.120 e. The highest BCUT2D eigenvalue weighted by Crippen LogP contribution is 2.22. The summed E-state index contributed by atoms with van der Waals surface area (Å²) in [4.78, 5) is 2.23. The van der Waals surface area contributed by atoms with E-state index in [2.05, 4.69) is 24.9 Å². The molecule has 90 valence electrons. The van der Waals surface area contributed by atoms with Crippen molar-refractivity contribution in [2.45, 2.75) is 25.8 Å². The lowest BCUT2D eigenvalue weighted by Crippen LogP contribution is -2.37. The van der Waals surface area contributed by atoms with Gasteiger partial charge in [0.25, 0.3) is 0 Å². The number of hydrogen-bond acceptors (Lipinski definition) is 3. The second kappa shape index (κ2) is 6.38. The molecule has 0 saturated heterocycles. The van der Waals surface area contributed by atoms with Crippen LogP contribution < -0.4 is 15.4 Å². The van der Waals surface area contributed by atoms with E-state index < -0.39 is 0 Å². The number of hydrogen-bond donors (Lipinski definition) is 1. The second-order valence-electron chi connectivity index (χ2n) is 3.99. The Hall–Kier alpha value is -1.22. The monoisotopic (exact) mass is 222 g/mol. The van der Waals surface area contributed by atoms with Crippen LogP contribution >= 0.6 is 0 Å². The maximum absolute atomic E-state index is 5.79. The maximum Gasteiger partial charge on any atom is 0.120 e. The summed E-state index contributed by atoms with van der Waals surface area (Å²) in [6.07, 6.45) is 2.26. The Morgan fingerprint density at radius 2 is 2.19 bits per heavy atom. The Balaban J connectivity index is 2.80. The third-order valence-electron chi connectivity index (χ3n) is 2.90. The van der Waals surface area contributed by atoms with Crippen molar-refractivity contribution >= 4 is 5.69 Å². The van der Waals surface area contributed by atoms with Gasteiger partial charge in [-0.15, -0.1) is 0 Å². The number of likely N-dealkylation sites (N-methyl/N-ethyl adjacent to an activating group) is 1. The standard InChI is InChI=1S/C13H22N2O/c1-4-6-12(10-14)15(2)11-7-5-8-13(9-11)16-3/h5,7-9,12H,4,6,10,14H2,1-3H3. The summed E-state index contributed by atoms with van der Waals surface area (Å²) < 4.78 is 5.22. The van der Waals surface area contributed by atoms with Crippen LogP contribution in [0.25, 0.3) is 0 Å². The summed E-state index contributed by atoms with van der Waals surface area (Å²) >= 11 is 0. The maximum atomic E-state index is 5.79. The molecule has 0 fully saturated rings. The fourth-order valence-electron chi connectivity index (χ4n) is 1.84. The van der Waals surface area contributed by atoms with Gasteiger partial charge in [-0.3, -0.25) is 0 Å². The topological polar surface area (TPSA) is 38.5 Å². The first kappa shape index (κ1) is 12.8. The van der Waals surface area contributed by atoms with Gasteiger partial charge in [0.2, 0.25) is 0 Å². The molecule has 0 aliphatic carbocycles. The lowest BCUT2D eigenvalue weighted by molar-refractivity contribution is 0.414. The lowest BCUT2D eigenvalue weighted by atomic mass is 10.1. The molecule has 0 aliphatic heterocycles. The number of benzene rings is 1. The second-order valence-corrected chi connectivity index (χ2v) is 3.99. The number of methoxy groups -OCH3 is 1. The van der Waals surface area contributed by atoms with E-state index in [1.165, 1.54) is 0 Å². The molecule has 0 aliphatic rings. The van der Waals surface area contributed by atoms with Gasteiger partial charge in [-0.1, -0.05) is 19.4 Å². The van der Waals surface area contributed by atoms with E-state index in [0.717, 1.165) is 24.3 Å². The van der Waals surface area contributed by atoms with Crippen LogP contribution in [0, 0.1) is 0 Å². The van der Waals surface area contributed by atoms with Gasteiger partial charge in [0, 0.05) is 31.4 Å². The number of anilines is 1. The number of nitrogens with zero attached hydrogens (tertiary/aromatic N) is 1. The molecular formula is C13H22N2O. The third kappa shape index (κ3) is 3.14. The Morgan fingerprint density at radius 3 is 2.75 bits per heavy atom. The minimum Gasteiger partial charge on any atom is -0.497 e. The van der Waals surface area contributed by atoms with Crippen LogP contribution in [0.1, 0.15) is 19.8 Å². The fraction of sp³-hybridized carbons (Fsp3) is 0.538. The van der Waals surface area contributed by atoms with E-state index in [4.69, 9.17) is 10.5 Å². The molecule has 2 N–H and O–H groups in total. The van der Waals surface area contributed by atoms with Crippen LogP contribution in [-0.4, -0.2) is 26.7 Å². The molecular weight excluding hydrogens is 200 g/mol. The Labute approximate surface area is 98.2 Å². The zero-order valence-electron chi connectivity index (χ0n) is 10.4. The molecule has 16 heavy (non-hydrogen) atoms. The molecule has 1 unspecified atom stereocenters. The van der Waals surface area contributed by atoms with E-state index in [1.807, 2.05) is 18.2 Å². The fourth-order valence-corrected chi connectivity index (χ4v) is 1.84. The highest BCUT2D eigenvalue weighted by molar-refractivity contribution is 5.50. The van der Waals surface area contributed by atoms with Crippen LogP contribution in [-0.2, 0) is 0 Å². The number of rotatable bonds is 6. The third-order valence-corrected chi connectivity index (χ3v) is 2.90. The van der Waals surface area contributed by atoms with Gasteiger partial charge in [-0.25, -0.2) is 0 Å². The van der Waals surface area contributed by atoms with E-state index >= 15 is 0 Å². The van der Waals surface area contributed by atoms with Gasteiger partial charge in [0.15, 0.2) is 0 Å². The van der Waals surface area contributed by atoms with Crippen LogP contribution in [0.15, 0.2) is 24.3 Å². The Bertz CT molecular complexity index is 315. The molecule has 0 heterocycles. The van der Waals surface area contributed by atoms with Crippen molar-refractivity contribution in [1.82, 2.24) is 0 Å². The summed E-state index contributed by atoms with van der Waals surface area (Å²) in [5.41, 5.74) is 6.95. The molecule has 3 nitrogen and oxygen atoms in total. The van der Waals surface area contributed by atoms with Crippen molar-refractivity contribution in [1.29, 1.82) is 0 Å². The average Bonchev–Trinajstić information content (AvgIpc) is 2.35. The summed E-state index contributed by atoms with van der Waals surface area (Å²) in [5.74, 6) is 0.886. The predicted octanol–water partition coefficient (Wildman–Crippen LogP) is 2.26. The molecule has 0 bridgehead atoms. The SMILES string of the molecule is CCCC(CN)N(C)c1cccc(OC)c1. The van der Waals surface area contributed by atoms with Crippen molar-refractivity contribution in [3.63, 3.8) is 0 Å². The summed E-state index contributed by atoms with van der Waals surface area (Å²) in [6, 6.07) is 8.48. The predicted molar refractivity (Wildman–Crippen MR) is 69.1 cm³/mol. The summed E-state index contributed by atoms with van der Waals surface area (Å²) in [5, 5.41) is 0. The minimum atomic E-state index is 0.400. The normalized spacial score (nSPS) is 12.2. The minimum absolute atomic E-state index is 0.400. The van der Waals surface area contributed by atoms with Crippen molar-refractivity contribution < 1.29 is 4.74 Å². The van der Waals surface area contributed by atoms with E-state index in [9.17, 15) is 0 Å². The number of nitrogens with two attached hydrogens (primary N) is 1. The highest BCUT2D eigenvalue weighted by Gasteiger charge is 2.12. The van der Waals surface area contributed by atoms with Crippen molar-refractivity contribution in [2.75, 3.05) is 25.6 Å². The first-order valence-electron chi connectivity index (χ1n) is 5.79. The molecule has 0 saturated carbocycles.